The summed E-state index contributed by atoms with van der Waals surface area (Å²) in [5.41, 5.74) is 0.842. The number of fused-ring (bicyclic) bond motifs is 1. The molecule has 0 unspecified atom stereocenters. The van der Waals surface area contributed by atoms with Crippen molar-refractivity contribution < 1.29 is 23.7 Å². The minimum Gasteiger partial charge on any atom is -0.456 e. The van der Waals surface area contributed by atoms with Crippen LogP contribution < -0.4 is 0 Å². The number of ether oxygens (including phenoxy) is 1. The van der Waals surface area contributed by atoms with E-state index in [1.165, 1.54) is 23.9 Å². The van der Waals surface area contributed by atoms with Gasteiger partial charge in [-0.3, -0.25) is 14.9 Å². The lowest BCUT2D eigenvalue weighted by molar-refractivity contribution is -0.384. The van der Waals surface area contributed by atoms with E-state index in [1.54, 1.807) is 21.7 Å². The second-order valence-corrected chi connectivity index (χ2v) is 15.7. The molecule has 4 rings (SSSR count). The van der Waals surface area contributed by atoms with Crippen LogP contribution in [0.25, 0.3) is 0 Å². The summed E-state index contributed by atoms with van der Waals surface area (Å²) in [6, 6.07) is 5.65. The van der Waals surface area contributed by atoms with Crippen LogP contribution in [0.3, 0.4) is 0 Å². The molecule has 0 aliphatic carbocycles. The van der Waals surface area contributed by atoms with Crippen molar-refractivity contribution in [2.75, 3.05) is 5.75 Å². The van der Waals surface area contributed by atoms with E-state index in [-0.39, 0.29) is 42.0 Å². The number of nitrogens with zero attached hydrogens (tertiary/aromatic N) is 6. The van der Waals surface area contributed by atoms with E-state index in [2.05, 4.69) is 35.2 Å². The third-order valence-corrected chi connectivity index (χ3v) is 8.39. The zero-order valence-corrected chi connectivity index (χ0v) is 23.2. The fraction of sp³-hybridized carbons (Fsp3) is 0.522. The van der Waals surface area contributed by atoms with Gasteiger partial charge in [-0.2, -0.15) is 0 Å². The highest BCUT2D eigenvalue weighted by Crippen LogP contribution is 2.48. The average Bonchev–Trinajstić information content (AvgIpc) is 3.37. The first-order valence-corrected chi connectivity index (χ1v) is 16.4. The Bertz CT molecular complexity index is 1230. The van der Waals surface area contributed by atoms with Gasteiger partial charge >= 0.3 is 5.97 Å². The van der Waals surface area contributed by atoms with Crippen LogP contribution in [0.1, 0.15) is 24.7 Å². The summed E-state index contributed by atoms with van der Waals surface area (Å²) < 4.78 is 13.4. The zero-order valence-electron chi connectivity index (χ0n) is 21.4. The summed E-state index contributed by atoms with van der Waals surface area (Å²) >= 11 is 1.49. The Labute approximate surface area is 219 Å². The molecule has 1 aromatic heterocycles. The van der Waals surface area contributed by atoms with Crippen LogP contribution in [0.4, 0.5) is 5.69 Å². The highest BCUT2D eigenvalue weighted by atomic mass is 32.2. The molecular weight excluding hydrogens is 516 g/mol. The number of carbonyl (C=O) groups excluding carboxylic acids is 2. The van der Waals surface area contributed by atoms with E-state index >= 15 is 0 Å². The van der Waals surface area contributed by atoms with Crippen LogP contribution in [0.2, 0.25) is 19.6 Å². The lowest BCUT2D eigenvalue weighted by Gasteiger charge is -2.47. The van der Waals surface area contributed by atoms with Gasteiger partial charge < -0.3 is 14.1 Å². The van der Waals surface area contributed by atoms with Crippen molar-refractivity contribution in [1.82, 2.24) is 25.1 Å². The molecule has 0 N–H and O–H groups in total. The number of rotatable bonds is 11. The average molecular weight is 547 g/mol. The molecule has 0 spiro atoms. The van der Waals surface area contributed by atoms with Crippen LogP contribution in [-0.4, -0.2) is 68.1 Å². The summed E-state index contributed by atoms with van der Waals surface area (Å²) in [6.45, 7) is 10.5. The maximum Gasteiger partial charge on any atom is 0.356 e. The molecule has 2 aliphatic rings. The van der Waals surface area contributed by atoms with Gasteiger partial charge in [0.2, 0.25) is 5.91 Å². The van der Waals surface area contributed by atoms with Crippen molar-refractivity contribution in [3.63, 3.8) is 0 Å². The number of hydrogen-bond donors (Lipinski definition) is 0. The van der Waals surface area contributed by atoms with E-state index in [4.69, 9.17) is 9.16 Å². The molecule has 1 fully saturated rings. The third kappa shape index (κ3) is 5.91. The molecular formula is C23H30N6O6SSi. The van der Waals surface area contributed by atoms with Gasteiger partial charge in [0.05, 0.1) is 29.5 Å². The highest BCUT2D eigenvalue weighted by Gasteiger charge is 2.57. The Hall–Kier alpha value is -3.10. The number of esters is 1. The standard InChI is InChI=1S/C23H30N6O6SSi/c1-14(35-37(3,4)5)20-18-12-19(36-11-10-27-15(2)24-25-26-27)21(28(18)22(20)30)23(31)34-13-16-6-8-17(9-7-16)29(32)33/h6-9,14,18,20H,10-13H2,1-5H3/t14-,18+,20+/m0/s1. The van der Waals surface area contributed by atoms with Gasteiger partial charge in [-0.15, -0.1) is 16.9 Å². The van der Waals surface area contributed by atoms with E-state index in [1.807, 2.05) is 13.8 Å². The van der Waals surface area contributed by atoms with Crippen molar-refractivity contribution in [2.24, 2.45) is 5.92 Å². The molecule has 1 saturated heterocycles. The number of tetrazole rings is 1. The van der Waals surface area contributed by atoms with Gasteiger partial charge in [0.15, 0.2) is 8.32 Å². The maximum absolute atomic E-state index is 13.2. The summed E-state index contributed by atoms with van der Waals surface area (Å²) in [5, 5.41) is 22.4. The number of amides is 1. The molecule has 2 aliphatic heterocycles. The molecule has 37 heavy (non-hydrogen) atoms. The van der Waals surface area contributed by atoms with Crippen molar-refractivity contribution in [1.29, 1.82) is 0 Å². The molecule has 0 saturated carbocycles. The first-order valence-electron chi connectivity index (χ1n) is 12.0. The topological polar surface area (TPSA) is 143 Å². The summed E-state index contributed by atoms with van der Waals surface area (Å²) in [6.07, 6.45) is 0.308. The number of β-lactam (4-membered cyclic amide) rings is 1. The number of nitro groups is 1. The number of thioether (sulfide) groups is 1. The smallest absolute Gasteiger partial charge is 0.356 e. The molecule has 2 aromatic rings. The number of nitro benzene ring substituents is 1. The fourth-order valence-electron chi connectivity index (χ4n) is 4.61. The van der Waals surface area contributed by atoms with Crippen LogP contribution in [-0.2, 0) is 31.9 Å². The van der Waals surface area contributed by atoms with Crippen molar-refractivity contribution in [3.8, 4) is 0 Å². The normalized spacial score (nSPS) is 20.0. The minimum absolute atomic E-state index is 0.0419. The molecule has 198 valence electrons. The van der Waals surface area contributed by atoms with Crippen molar-refractivity contribution in [3.05, 3.63) is 56.4 Å². The Morgan fingerprint density at radius 2 is 2.00 bits per heavy atom. The summed E-state index contributed by atoms with van der Waals surface area (Å²) in [5.74, 6) is 0.266. The Morgan fingerprint density at radius 3 is 2.59 bits per heavy atom. The molecule has 12 nitrogen and oxygen atoms in total. The quantitative estimate of drug-likeness (QED) is 0.136. The summed E-state index contributed by atoms with van der Waals surface area (Å²) in [7, 11) is -1.86. The predicted octanol–water partition coefficient (Wildman–Crippen LogP) is 3.05. The second kappa shape index (κ2) is 10.7. The van der Waals surface area contributed by atoms with E-state index < -0.39 is 19.2 Å². The minimum atomic E-state index is -1.86. The first kappa shape index (κ1) is 26.9. The van der Waals surface area contributed by atoms with Gasteiger partial charge in [-0.25, -0.2) is 9.48 Å². The van der Waals surface area contributed by atoms with E-state index in [0.29, 0.717) is 30.1 Å². The number of aromatic nitrogens is 4. The number of aryl methyl sites for hydroxylation is 2. The number of non-ortho nitro benzene ring substituents is 1. The largest absolute Gasteiger partial charge is 0.456 e. The van der Waals surface area contributed by atoms with Crippen molar-refractivity contribution >= 4 is 37.6 Å². The van der Waals surface area contributed by atoms with Gasteiger partial charge in [0.25, 0.3) is 5.69 Å². The molecule has 3 heterocycles. The lowest BCUT2D eigenvalue weighted by atomic mass is 9.83. The van der Waals surface area contributed by atoms with Gasteiger partial charge in [0, 0.05) is 29.2 Å². The predicted molar refractivity (Wildman–Crippen MR) is 138 cm³/mol. The molecule has 1 amide bonds. The maximum atomic E-state index is 13.2. The number of hydrogen-bond acceptors (Lipinski definition) is 10. The Balaban J connectivity index is 1.48. The molecule has 0 radical (unpaired) electrons. The number of benzene rings is 1. The lowest BCUT2D eigenvalue weighted by Crippen LogP contribution is -2.63. The second-order valence-electron chi connectivity index (χ2n) is 10.0. The molecule has 3 atom stereocenters. The molecule has 14 heteroatoms. The first-order chi connectivity index (χ1) is 17.5. The SMILES string of the molecule is Cc1nnnn1CCSC1=C(C(=O)OCc2ccc([N+](=O)[O-])cc2)N2C(=O)[C@H]([C@H](C)O[Si](C)(C)C)[C@H]2C1. The fourth-order valence-corrected chi connectivity index (χ4v) is 6.99. The van der Waals surface area contributed by atoms with E-state index in [0.717, 1.165) is 4.91 Å². The van der Waals surface area contributed by atoms with E-state index in [9.17, 15) is 19.7 Å². The van der Waals surface area contributed by atoms with Crippen LogP contribution in [0, 0.1) is 23.0 Å². The molecule has 1 aromatic carbocycles. The van der Waals surface area contributed by atoms with Crippen LogP contribution in [0.15, 0.2) is 34.9 Å². The number of carbonyl (C=O) groups is 2. The third-order valence-electron chi connectivity index (χ3n) is 6.21. The Kier molecular flexibility index (Phi) is 7.80. The zero-order chi connectivity index (χ0) is 26.9. The van der Waals surface area contributed by atoms with Crippen LogP contribution in [0.5, 0.6) is 0 Å². The highest BCUT2D eigenvalue weighted by molar-refractivity contribution is 8.03. The Morgan fingerprint density at radius 1 is 1.30 bits per heavy atom. The van der Waals surface area contributed by atoms with Gasteiger partial charge in [-0.1, -0.05) is 0 Å². The van der Waals surface area contributed by atoms with Crippen molar-refractivity contribution in [2.45, 2.75) is 65.2 Å². The van der Waals surface area contributed by atoms with Gasteiger partial charge in [0.1, 0.15) is 18.1 Å². The van der Waals surface area contributed by atoms with Crippen LogP contribution >= 0.6 is 11.8 Å². The molecule has 0 bridgehead atoms. The monoisotopic (exact) mass is 546 g/mol. The summed E-state index contributed by atoms with van der Waals surface area (Å²) in [4.78, 5) is 39.2. The van der Waals surface area contributed by atoms with Gasteiger partial charge in [-0.05, 0) is 61.6 Å².